The second-order valence-corrected chi connectivity index (χ2v) is 14.4. The van der Waals surface area contributed by atoms with Crippen molar-refractivity contribution in [2.75, 3.05) is 0 Å². The molecule has 0 saturated carbocycles. The molecule has 5 heteroatoms. The molecule has 250 valence electrons. The number of aromatic nitrogens is 3. The number of fused-ring (bicyclic) bond motifs is 9. The zero-order valence-corrected chi connectivity index (χ0v) is 29.1. The second-order valence-electron chi connectivity index (χ2n) is 14.4. The van der Waals surface area contributed by atoms with E-state index in [0.717, 1.165) is 71.7 Å². The lowest BCUT2D eigenvalue weighted by Gasteiger charge is -2.21. The van der Waals surface area contributed by atoms with Crippen LogP contribution in [-0.4, -0.2) is 15.0 Å². The number of para-hydroxylation sites is 3. The van der Waals surface area contributed by atoms with Crippen LogP contribution >= 0.6 is 0 Å². The molecule has 0 saturated heterocycles. The highest BCUT2D eigenvalue weighted by Gasteiger charge is 2.36. The molecule has 0 bridgehead atoms. The fourth-order valence-electron chi connectivity index (χ4n) is 8.25. The average molecular weight is 682 g/mol. The van der Waals surface area contributed by atoms with Crippen LogP contribution in [0, 0.1) is 0 Å². The standard InChI is InChI=1S/C48H31N3O2/c1-48(2)39-23-22-30(25-36(39)37-27-43-38(26-40(37)48)33-17-7-8-20-41(33)52-43)29-14-10-15-31(24-29)46-49-45(28-12-4-3-5-13-28)50-47(51-46)35-19-11-18-34-32-16-6-9-21-42(32)53-44(34)35/h3-27H,1-2H3. The van der Waals surface area contributed by atoms with Crippen molar-refractivity contribution in [2.24, 2.45) is 0 Å². The minimum Gasteiger partial charge on any atom is -0.456 e. The zero-order valence-electron chi connectivity index (χ0n) is 29.1. The minimum atomic E-state index is -0.143. The van der Waals surface area contributed by atoms with Crippen LogP contribution in [0.1, 0.15) is 25.0 Å². The predicted molar refractivity (Wildman–Crippen MR) is 214 cm³/mol. The molecule has 53 heavy (non-hydrogen) atoms. The lowest BCUT2D eigenvalue weighted by Crippen LogP contribution is -2.14. The van der Waals surface area contributed by atoms with E-state index in [1.807, 2.05) is 72.8 Å². The van der Waals surface area contributed by atoms with Crippen molar-refractivity contribution in [1.82, 2.24) is 15.0 Å². The van der Waals surface area contributed by atoms with E-state index >= 15 is 0 Å². The monoisotopic (exact) mass is 681 g/mol. The van der Waals surface area contributed by atoms with Gasteiger partial charge in [-0.15, -0.1) is 0 Å². The molecule has 3 heterocycles. The average Bonchev–Trinajstić information content (AvgIpc) is 3.84. The van der Waals surface area contributed by atoms with Gasteiger partial charge < -0.3 is 8.83 Å². The van der Waals surface area contributed by atoms with Crippen LogP contribution in [0.25, 0.3) is 100 Å². The van der Waals surface area contributed by atoms with E-state index in [4.69, 9.17) is 23.8 Å². The summed E-state index contributed by atoms with van der Waals surface area (Å²) in [6.07, 6.45) is 0. The van der Waals surface area contributed by atoms with E-state index in [1.54, 1.807) is 0 Å². The summed E-state index contributed by atoms with van der Waals surface area (Å²) in [5, 5.41) is 4.42. The highest BCUT2D eigenvalue weighted by molar-refractivity contribution is 6.09. The zero-order chi connectivity index (χ0) is 35.3. The van der Waals surface area contributed by atoms with Crippen LogP contribution < -0.4 is 0 Å². The number of hydrogen-bond acceptors (Lipinski definition) is 5. The number of furan rings is 2. The summed E-state index contributed by atoms with van der Waals surface area (Å²) in [4.78, 5) is 15.2. The quantitative estimate of drug-likeness (QED) is 0.185. The molecule has 11 rings (SSSR count). The van der Waals surface area contributed by atoms with Gasteiger partial charge in [-0.05, 0) is 75.8 Å². The molecule has 0 fully saturated rings. The van der Waals surface area contributed by atoms with E-state index < -0.39 is 0 Å². The molecule has 0 atom stereocenters. The van der Waals surface area contributed by atoms with Gasteiger partial charge in [0, 0.05) is 38.1 Å². The van der Waals surface area contributed by atoms with Crippen LogP contribution in [-0.2, 0) is 5.41 Å². The molecule has 0 unspecified atom stereocenters. The van der Waals surface area contributed by atoms with Crippen molar-refractivity contribution >= 4 is 43.9 Å². The van der Waals surface area contributed by atoms with E-state index in [0.29, 0.717) is 17.5 Å². The normalized spacial score (nSPS) is 13.2. The van der Waals surface area contributed by atoms with Crippen LogP contribution in [0.3, 0.4) is 0 Å². The lowest BCUT2D eigenvalue weighted by atomic mass is 9.81. The van der Waals surface area contributed by atoms with Crippen LogP contribution in [0.4, 0.5) is 0 Å². The number of rotatable bonds is 4. The minimum absolute atomic E-state index is 0.143. The maximum Gasteiger partial charge on any atom is 0.167 e. The summed E-state index contributed by atoms with van der Waals surface area (Å²) in [5.74, 6) is 1.78. The van der Waals surface area contributed by atoms with Gasteiger partial charge in [0.05, 0.1) is 5.56 Å². The number of hydrogen-bond donors (Lipinski definition) is 0. The Balaban J connectivity index is 1.05. The van der Waals surface area contributed by atoms with Gasteiger partial charge in [-0.2, -0.15) is 0 Å². The van der Waals surface area contributed by atoms with Crippen molar-refractivity contribution in [3.05, 3.63) is 163 Å². The van der Waals surface area contributed by atoms with E-state index in [1.165, 1.54) is 22.3 Å². The molecular weight excluding hydrogens is 651 g/mol. The largest absolute Gasteiger partial charge is 0.456 e. The van der Waals surface area contributed by atoms with Gasteiger partial charge >= 0.3 is 0 Å². The Morgan fingerprint density at radius 1 is 0.377 bits per heavy atom. The fraction of sp³-hybridized carbons (Fsp3) is 0.0625. The molecule has 0 radical (unpaired) electrons. The Morgan fingerprint density at radius 2 is 0.981 bits per heavy atom. The summed E-state index contributed by atoms with van der Waals surface area (Å²) in [6.45, 7) is 4.64. The molecule has 5 nitrogen and oxygen atoms in total. The van der Waals surface area contributed by atoms with Gasteiger partial charge in [-0.3, -0.25) is 0 Å². The Kier molecular flexibility index (Phi) is 6.23. The summed E-state index contributed by atoms with van der Waals surface area (Å²) in [7, 11) is 0. The molecule has 0 spiro atoms. The van der Waals surface area contributed by atoms with Crippen LogP contribution in [0.5, 0.6) is 0 Å². The van der Waals surface area contributed by atoms with Gasteiger partial charge in [0.15, 0.2) is 17.5 Å². The molecule has 10 aromatic rings. The molecule has 7 aromatic carbocycles. The van der Waals surface area contributed by atoms with Gasteiger partial charge in [0.1, 0.15) is 22.3 Å². The highest BCUT2D eigenvalue weighted by Crippen LogP contribution is 2.51. The second kappa shape index (κ2) is 11.1. The first-order chi connectivity index (χ1) is 26.0. The molecule has 0 amide bonds. The molecule has 3 aromatic heterocycles. The topological polar surface area (TPSA) is 65.0 Å². The molecule has 0 aliphatic heterocycles. The lowest BCUT2D eigenvalue weighted by molar-refractivity contribution is 0.658. The summed E-state index contributed by atoms with van der Waals surface area (Å²) in [6, 6.07) is 52.5. The molecule has 0 N–H and O–H groups in total. The third-order valence-corrected chi connectivity index (χ3v) is 10.9. The summed E-state index contributed by atoms with van der Waals surface area (Å²) in [5.41, 5.74) is 13.3. The summed E-state index contributed by atoms with van der Waals surface area (Å²) < 4.78 is 12.8. The SMILES string of the molecule is CC1(C)c2ccc(-c3cccc(-c4nc(-c5ccccc5)nc(-c5cccc6c5oc5ccccc56)n4)c3)cc2-c2cc3oc4ccccc4c3cc21. The Morgan fingerprint density at radius 3 is 1.81 bits per heavy atom. The smallest absolute Gasteiger partial charge is 0.167 e. The first kappa shape index (κ1) is 29.8. The van der Waals surface area contributed by atoms with Crippen molar-refractivity contribution in [1.29, 1.82) is 0 Å². The van der Waals surface area contributed by atoms with E-state index in [-0.39, 0.29) is 5.41 Å². The summed E-state index contributed by atoms with van der Waals surface area (Å²) >= 11 is 0. The fourth-order valence-corrected chi connectivity index (χ4v) is 8.25. The maximum absolute atomic E-state index is 6.41. The Bertz CT molecular complexity index is 3100. The number of nitrogens with zero attached hydrogens (tertiary/aromatic N) is 3. The van der Waals surface area contributed by atoms with Crippen LogP contribution in [0.2, 0.25) is 0 Å². The molecular formula is C48H31N3O2. The van der Waals surface area contributed by atoms with Gasteiger partial charge in [-0.25, -0.2) is 15.0 Å². The van der Waals surface area contributed by atoms with E-state index in [2.05, 4.69) is 92.7 Å². The van der Waals surface area contributed by atoms with E-state index in [9.17, 15) is 0 Å². The number of benzene rings is 7. The van der Waals surface area contributed by atoms with Crippen molar-refractivity contribution < 1.29 is 8.83 Å². The van der Waals surface area contributed by atoms with Crippen molar-refractivity contribution in [2.45, 2.75) is 19.3 Å². The van der Waals surface area contributed by atoms with Crippen molar-refractivity contribution in [3.8, 4) is 56.4 Å². The third kappa shape index (κ3) is 4.54. The first-order valence-electron chi connectivity index (χ1n) is 17.9. The van der Waals surface area contributed by atoms with Crippen LogP contribution in [0.15, 0.2) is 160 Å². The van der Waals surface area contributed by atoms with Gasteiger partial charge in [0.2, 0.25) is 0 Å². The molecule has 1 aliphatic rings. The first-order valence-corrected chi connectivity index (χ1v) is 17.9. The van der Waals surface area contributed by atoms with Crippen molar-refractivity contribution in [3.63, 3.8) is 0 Å². The maximum atomic E-state index is 6.41. The van der Waals surface area contributed by atoms with Gasteiger partial charge in [0.25, 0.3) is 0 Å². The predicted octanol–water partition coefficient (Wildman–Crippen LogP) is 12.6. The molecule has 1 aliphatic carbocycles. The Hall–Kier alpha value is -6.85. The highest BCUT2D eigenvalue weighted by atomic mass is 16.3. The third-order valence-electron chi connectivity index (χ3n) is 10.9. The Labute approximate surface area is 305 Å². The van der Waals surface area contributed by atoms with Gasteiger partial charge in [-0.1, -0.05) is 123 Å².